The van der Waals surface area contributed by atoms with Crippen molar-refractivity contribution in [2.24, 2.45) is 0 Å². The van der Waals surface area contributed by atoms with Crippen LogP contribution in [0, 0.1) is 6.92 Å². The van der Waals surface area contributed by atoms with Crippen LogP contribution in [0.15, 0.2) is 71.6 Å². The highest BCUT2D eigenvalue weighted by atomic mass is 32.2. The molecule has 7 nitrogen and oxygen atoms in total. The van der Waals surface area contributed by atoms with Crippen LogP contribution < -0.4 is 19.1 Å². The number of aryl methyl sites for hydroxylation is 1. The predicted molar refractivity (Wildman–Crippen MR) is 121 cm³/mol. The Hall–Kier alpha value is -3.52. The Morgan fingerprint density at radius 1 is 0.935 bits per heavy atom. The second-order valence-corrected chi connectivity index (χ2v) is 8.83. The second kappa shape index (κ2) is 9.09. The summed E-state index contributed by atoms with van der Waals surface area (Å²) in [5.74, 6) is 0.552. The fourth-order valence-corrected chi connectivity index (χ4v) is 4.19. The SMILES string of the molecule is COc1ccc(NC(=O)c2cccc(S(=O)(=O)N(C)c3ccc(C)cc3)c2)c(OC)c1. The highest BCUT2D eigenvalue weighted by Gasteiger charge is 2.22. The van der Waals surface area contributed by atoms with Gasteiger partial charge < -0.3 is 14.8 Å². The molecule has 3 aromatic carbocycles. The summed E-state index contributed by atoms with van der Waals surface area (Å²) in [6.07, 6.45) is 0. The Bertz CT molecular complexity index is 1190. The van der Waals surface area contributed by atoms with Crippen molar-refractivity contribution >= 4 is 27.3 Å². The molecule has 0 heterocycles. The van der Waals surface area contributed by atoms with E-state index in [0.29, 0.717) is 22.9 Å². The van der Waals surface area contributed by atoms with E-state index < -0.39 is 15.9 Å². The molecule has 0 aromatic heterocycles. The number of rotatable bonds is 7. The lowest BCUT2D eigenvalue weighted by atomic mass is 10.2. The maximum atomic E-state index is 13.1. The van der Waals surface area contributed by atoms with Gasteiger partial charge in [-0.3, -0.25) is 9.10 Å². The summed E-state index contributed by atoms with van der Waals surface area (Å²) in [6.45, 7) is 1.93. The summed E-state index contributed by atoms with van der Waals surface area (Å²) < 4.78 is 37.8. The lowest BCUT2D eigenvalue weighted by Crippen LogP contribution is -2.26. The van der Waals surface area contributed by atoms with E-state index >= 15 is 0 Å². The van der Waals surface area contributed by atoms with Crippen LogP contribution in [0.25, 0.3) is 0 Å². The molecule has 3 aromatic rings. The van der Waals surface area contributed by atoms with Crippen molar-refractivity contribution in [3.63, 3.8) is 0 Å². The van der Waals surface area contributed by atoms with E-state index in [2.05, 4.69) is 5.32 Å². The molecular formula is C23H24N2O5S. The molecule has 0 fully saturated rings. The molecule has 0 atom stereocenters. The van der Waals surface area contributed by atoms with Gasteiger partial charge in [-0.15, -0.1) is 0 Å². The lowest BCUT2D eigenvalue weighted by Gasteiger charge is -2.20. The molecule has 0 unspecified atom stereocenters. The molecule has 3 rings (SSSR count). The summed E-state index contributed by atoms with van der Waals surface area (Å²) in [7, 11) is 0.657. The number of hydrogen-bond acceptors (Lipinski definition) is 5. The van der Waals surface area contributed by atoms with Gasteiger partial charge in [-0.1, -0.05) is 23.8 Å². The van der Waals surface area contributed by atoms with Crippen molar-refractivity contribution in [1.29, 1.82) is 0 Å². The maximum absolute atomic E-state index is 13.1. The van der Waals surface area contributed by atoms with E-state index in [-0.39, 0.29) is 10.5 Å². The number of hydrogen-bond donors (Lipinski definition) is 1. The monoisotopic (exact) mass is 440 g/mol. The van der Waals surface area contributed by atoms with Crippen LogP contribution in [-0.4, -0.2) is 35.6 Å². The third-order valence-corrected chi connectivity index (χ3v) is 6.59. The summed E-state index contributed by atoms with van der Waals surface area (Å²) in [6, 6.07) is 18.0. The number of amides is 1. The lowest BCUT2D eigenvalue weighted by molar-refractivity contribution is 0.102. The topological polar surface area (TPSA) is 84.9 Å². The predicted octanol–water partition coefficient (Wildman–Crippen LogP) is 4.09. The Labute approximate surface area is 182 Å². The van der Waals surface area contributed by atoms with Gasteiger partial charge in [-0.25, -0.2) is 8.42 Å². The Morgan fingerprint density at radius 3 is 2.29 bits per heavy atom. The van der Waals surface area contributed by atoms with Gasteiger partial charge in [0.25, 0.3) is 15.9 Å². The number of carbonyl (C=O) groups excluding carboxylic acids is 1. The number of nitrogens with zero attached hydrogens (tertiary/aromatic N) is 1. The molecule has 1 N–H and O–H groups in total. The van der Waals surface area contributed by atoms with Gasteiger partial charge in [-0.05, 0) is 49.4 Å². The van der Waals surface area contributed by atoms with Crippen LogP contribution in [-0.2, 0) is 10.0 Å². The largest absolute Gasteiger partial charge is 0.497 e. The van der Waals surface area contributed by atoms with E-state index in [0.717, 1.165) is 5.56 Å². The average Bonchev–Trinajstić information content (AvgIpc) is 2.79. The highest BCUT2D eigenvalue weighted by Crippen LogP contribution is 2.30. The van der Waals surface area contributed by atoms with Crippen LogP contribution in [0.5, 0.6) is 11.5 Å². The molecular weight excluding hydrogens is 416 g/mol. The zero-order chi connectivity index (χ0) is 22.6. The molecule has 0 radical (unpaired) electrons. The number of benzene rings is 3. The first-order chi connectivity index (χ1) is 14.8. The standard InChI is InChI=1S/C23H24N2O5S/c1-16-8-10-18(11-9-16)25(2)31(27,28)20-7-5-6-17(14-20)23(26)24-21-13-12-19(29-3)15-22(21)30-4/h5-15H,1-4H3,(H,24,26). The zero-order valence-corrected chi connectivity index (χ0v) is 18.6. The van der Waals surface area contributed by atoms with E-state index in [1.807, 2.05) is 19.1 Å². The number of anilines is 2. The van der Waals surface area contributed by atoms with Gasteiger partial charge in [0.05, 0.1) is 30.5 Å². The first-order valence-corrected chi connectivity index (χ1v) is 10.9. The fraction of sp³-hybridized carbons (Fsp3) is 0.174. The quantitative estimate of drug-likeness (QED) is 0.598. The molecule has 1 amide bonds. The number of ether oxygens (including phenoxy) is 2. The van der Waals surface area contributed by atoms with Crippen LogP contribution in [0.1, 0.15) is 15.9 Å². The molecule has 0 saturated carbocycles. The Kier molecular flexibility index (Phi) is 6.50. The van der Waals surface area contributed by atoms with Crippen molar-refractivity contribution in [2.45, 2.75) is 11.8 Å². The van der Waals surface area contributed by atoms with Gasteiger partial charge in [0.1, 0.15) is 11.5 Å². The summed E-state index contributed by atoms with van der Waals surface area (Å²) >= 11 is 0. The van der Waals surface area contributed by atoms with Gasteiger partial charge in [0, 0.05) is 18.7 Å². The minimum absolute atomic E-state index is 0.0184. The molecule has 0 spiro atoms. The van der Waals surface area contributed by atoms with Crippen molar-refractivity contribution in [3.8, 4) is 11.5 Å². The number of methoxy groups -OCH3 is 2. The maximum Gasteiger partial charge on any atom is 0.264 e. The smallest absolute Gasteiger partial charge is 0.264 e. The summed E-state index contributed by atoms with van der Waals surface area (Å²) in [5.41, 5.74) is 2.21. The van der Waals surface area contributed by atoms with E-state index in [1.165, 1.54) is 43.8 Å². The molecule has 162 valence electrons. The van der Waals surface area contributed by atoms with Crippen LogP contribution in [0.4, 0.5) is 11.4 Å². The third-order valence-electron chi connectivity index (χ3n) is 4.81. The van der Waals surface area contributed by atoms with E-state index in [9.17, 15) is 13.2 Å². The van der Waals surface area contributed by atoms with Crippen LogP contribution >= 0.6 is 0 Å². The summed E-state index contributed by atoms with van der Waals surface area (Å²) in [4.78, 5) is 12.8. The zero-order valence-electron chi connectivity index (χ0n) is 17.7. The Morgan fingerprint density at radius 2 is 1.65 bits per heavy atom. The van der Waals surface area contributed by atoms with Crippen LogP contribution in [0.3, 0.4) is 0 Å². The molecule has 0 aliphatic heterocycles. The Balaban J connectivity index is 1.87. The van der Waals surface area contributed by atoms with Crippen LogP contribution in [0.2, 0.25) is 0 Å². The van der Waals surface area contributed by atoms with E-state index in [4.69, 9.17) is 9.47 Å². The van der Waals surface area contributed by atoms with Crippen molar-refractivity contribution in [1.82, 2.24) is 0 Å². The average molecular weight is 441 g/mol. The minimum atomic E-state index is -3.84. The van der Waals surface area contributed by atoms with Crippen molar-refractivity contribution in [3.05, 3.63) is 77.9 Å². The second-order valence-electron chi connectivity index (χ2n) is 6.86. The van der Waals surface area contributed by atoms with Gasteiger partial charge in [0.2, 0.25) is 0 Å². The fourth-order valence-electron chi connectivity index (χ4n) is 2.95. The van der Waals surface area contributed by atoms with Crippen molar-refractivity contribution in [2.75, 3.05) is 30.9 Å². The highest BCUT2D eigenvalue weighted by molar-refractivity contribution is 7.92. The molecule has 0 saturated heterocycles. The van der Waals surface area contributed by atoms with Crippen molar-refractivity contribution < 1.29 is 22.7 Å². The molecule has 31 heavy (non-hydrogen) atoms. The molecule has 8 heteroatoms. The number of sulfonamides is 1. The first-order valence-electron chi connectivity index (χ1n) is 9.45. The molecule has 0 aliphatic carbocycles. The van der Waals surface area contributed by atoms with Gasteiger partial charge in [-0.2, -0.15) is 0 Å². The normalized spacial score (nSPS) is 11.0. The molecule has 0 aliphatic rings. The number of carbonyl (C=O) groups is 1. The first kappa shape index (κ1) is 22.2. The van der Waals surface area contributed by atoms with Gasteiger partial charge in [0.15, 0.2) is 0 Å². The van der Waals surface area contributed by atoms with Gasteiger partial charge >= 0.3 is 0 Å². The number of nitrogens with one attached hydrogen (secondary N) is 1. The minimum Gasteiger partial charge on any atom is -0.497 e. The third kappa shape index (κ3) is 4.80. The molecule has 0 bridgehead atoms. The van der Waals surface area contributed by atoms with E-state index in [1.54, 1.807) is 36.4 Å². The summed E-state index contributed by atoms with van der Waals surface area (Å²) in [5, 5.41) is 2.75.